The molecule has 1 fully saturated rings. The summed E-state index contributed by atoms with van der Waals surface area (Å²) < 4.78 is 1.57. The minimum atomic E-state index is -0.0884. The molecular weight excluding hydrogens is 358 g/mol. The molecule has 6 nitrogen and oxygen atoms in total. The topological polar surface area (TPSA) is 63.9 Å². The van der Waals surface area contributed by atoms with Gasteiger partial charge in [0.05, 0.1) is 16.9 Å². The van der Waals surface area contributed by atoms with E-state index in [4.69, 9.17) is 11.6 Å². The quantitative estimate of drug-likeness (QED) is 0.705. The summed E-state index contributed by atoms with van der Waals surface area (Å²) in [6.45, 7) is 1.42. The number of nitrogens with zero attached hydrogens (tertiary/aromatic N) is 5. The maximum atomic E-state index is 12.8. The summed E-state index contributed by atoms with van der Waals surface area (Å²) in [4.78, 5) is 19.0. The van der Waals surface area contributed by atoms with Crippen LogP contribution in [0.5, 0.6) is 0 Å². The zero-order valence-electron chi connectivity index (χ0n) is 13.4. The van der Waals surface area contributed by atoms with Gasteiger partial charge in [-0.05, 0) is 31.0 Å². The number of carbonyl (C=O) groups excluding carboxylic acids is 1. The van der Waals surface area contributed by atoms with Gasteiger partial charge >= 0.3 is 0 Å². The molecule has 0 N–H and O–H groups in total. The fourth-order valence-corrected chi connectivity index (χ4v) is 4.02. The van der Waals surface area contributed by atoms with Crippen molar-refractivity contribution in [1.29, 1.82) is 0 Å². The van der Waals surface area contributed by atoms with Crippen molar-refractivity contribution in [1.82, 2.24) is 24.9 Å². The van der Waals surface area contributed by atoms with E-state index in [0.717, 1.165) is 30.1 Å². The molecule has 2 aromatic heterocycles. The SMILES string of the molecule is O=C(c1cn(-c2cccc(Cl)c2)nn1)N1CCC[C@H](c2nccs2)C1. The maximum absolute atomic E-state index is 12.8. The van der Waals surface area contributed by atoms with Crippen molar-refractivity contribution in [2.24, 2.45) is 0 Å². The molecule has 128 valence electrons. The molecule has 0 saturated carbocycles. The molecule has 1 amide bonds. The van der Waals surface area contributed by atoms with Gasteiger partial charge in [-0.25, -0.2) is 9.67 Å². The first-order chi connectivity index (χ1) is 12.2. The minimum absolute atomic E-state index is 0.0884. The van der Waals surface area contributed by atoms with E-state index in [2.05, 4.69) is 15.3 Å². The Morgan fingerprint density at radius 2 is 2.28 bits per heavy atom. The average molecular weight is 374 g/mol. The molecule has 25 heavy (non-hydrogen) atoms. The summed E-state index contributed by atoms with van der Waals surface area (Å²) in [6, 6.07) is 7.28. The number of halogens is 1. The predicted molar refractivity (Wildman–Crippen MR) is 96.4 cm³/mol. The average Bonchev–Trinajstić information content (AvgIpc) is 3.33. The van der Waals surface area contributed by atoms with Crippen LogP contribution in [0.1, 0.15) is 34.3 Å². The number of piperidine rings is 1. The first kappa shape index (κ1) is 16.2. The van der Waals surface area contributed by atoms with Crippen LogP contribution in [0.2, 0.25) is 5.02 Å². The summed E-state index contributed by atoms with van der Waals surface area (Å²) in [5.74, 6) is 0.218. The van der Waals surface area contributed by atoms with Crippen molar-refractivity contribution in [2.45, 2.75) is 18.8 Å². The number of likely N-dealkylation sites (tertiary alicyclic amines) is 1. The van der Waals surface area contributed by atoms with Crippen molar-refractivity contribution < 1.29 is 4.79 Å². The van der Waals surface area contributed by atoms with Crippen LogP contribution in [-0.2, 0) is 0 Å². The molecule has 3 heterocycles. The van der Waals surface area contributed by atoms with Crippen molar-refractivity contribution in [3.05, 3.63) is 57.8 Å². The number of amides is 1. The van der Waals surface area contributed by atoms with Gasteiger partial charge in [-0.1, -0.05) is 22.9 Å². The molecule has 1 aromatic carbocycles. The van der Waals surface area contributed by atoms with Gasteiger partial charge in [-0.2, -0.15) is 0 Å². The molecule has 3 aromatic rings. The number of rotatable bonds is 3. The second-order valence-corrected chi connectivity index (χ2v) is 7.35. The van der Waals surface area contributed by atoms with Crippen LogP contribution >= 0.6 is 22.9 Å². The highest BCUT2D eigenvalue weighted by atomic mass is 35.5. The highest BCUT2D eigenvalue weighted by Gasteiger charge is 2.28. The molecule has 1 saturated heterocycles. The number of thiazole rings is 1. The molecule has 1 aliphatic heterocycles. The van der Waals surface area contributed by atoms with Crippen LogP contribution in [0.15, 0.2) is 42.0 Å². The second-order valence-electron chi connectivity index (χ2n) is 5.99. The van der Waals surface area contributed by atoms with E-state index in [0.29, 0.717) is 23.2 Å². The molecule has 0 unspecified atom stereocenters. The first-order valence-electron chi connectivity index (χ1n) is 8.07. The zero-order valence-corrected chi connectivity index (χ0v) is 15.0. The molecule has 0 spiro atoms. The summed E-state index contributed by atoms with van der Waals surface area (Å²) in [5, 5.41) is 11.8. The normalized spacial score (nSPS) is 17.6. The molecule has 0 aliphatic carbocycles. The van der Waals surface area contributed by atoms with E-state index in [1.165, 1.54) is 0 Å². The van der Waals surface area contributed by atoms with E-state index in [-0.39, 0.29) is 5.91 Å². The summed E-state index contributed by atoms with van der Waals surface area (Å²) in [7, 11) is 0. The Balaban J connectivity index is 1.51. The minimum Gasteiger partial charge on any atom is -0.336 e. The number of hydrogen-bond acceptors (Lipinski definition) is 5. The van der Waals surface area contributed by atoms with Crippen molar-refractivity contribution in [3.63, 3.8) is 0 Å². The van der Waals surface area contributed by atoms with Gasteiger partial charge in [-0.3, -0.25) is 4.79 Å². The van der Waals surface area contributed by atoms with E-state index in [1.807, 2.05) is 28.6 Å². The highest BCUT2D eigenvalue weighted by Crippen LogP contribution is 2.28. The molecule has 0 radical (unpaired) electrons. The van der Waals surface area contributed by atoms with Gasteiger partial charge in [0.25, 0.3) is 5.91 Å². The van der Waals surface area contributed by atoms with E-state index in [9.17, 15) is 4.79 Å². The molecular formula is C17H16ClN5OS. The van der Waals surface area contributed by atoms with Crippen molar-refractivity contribution >= 4 is 28.8 Å². The third kappa shape index (κ3) is 3.43. The lowest BCUT2D eigenvalue weighted by Gasteiger charge is -2.31. The van der Waals surface area contributed by atoms with Gasteiger partial charge in [-0.15, -0.1) is 16.4 Å². The Bertz CT molecular complexity index is 879. The Morgan fingerprint density at radius 1 is 1.36 bits per heavy atom. The third-order valence-corrected chi connectivity index (χ3v) is 5.47. The Morgan fingerprint density at radius 3 is 3.08 bits per heavy atom. The number of carbonyl (C=O) groups is 1. The van der Waals surface area contributed by atoms with E-state index in [1.54, 1.807) is 34.3 Å². The van der Waals surface area contributed by atoms with Gasteiger partial charge < -0.3 is 4.90 Å². The van der Waals surface area contributed by atoms with Crippen molar-refractivity contribution in [3.8, 4) is 5.69 Å². The molecule has 1 atom stereocenters. The Hall–Kier alpha value is -2.25. The fourth-order valence-electron chi connectivity index (χ4n) is 3.07. The molecule has 0 bridgehead atoms. The maximum Gasteiger partial charge on any atom is 0.276 e. The first-order valence-corrected chi connectivity index (χ1v) is 9.33. The van der Waals surface area contributed by atoms with Crippen molar-refractivity contribution in [2.75, 3.05) is 13.1 Å². The lowest BCUT2D eigenvalue weighted by molar-refractivity contribution is 0.0701. The van der Waals surface area contributed by atoms with Crippen LogP contribution in [0.3, 0.4) is 0 Å². The van der Waals surface area contributed by atoms with Gasteiger partial charge in [0, 0.05) is 35.6 Å². The summed E-state index contributed by atoms with van der Waals surface area (Å²) in [5.41, 5.74) is 1.12. The van der Waals surface area contributed by atoms with Crippen LogP contribution < -0.4 is 0 Å². The van der Waals surface area contributed by atoms with Crippen LogP contribution in [-0.4, -0.2) is 43.9 Å². The number of aromatic nitrogens is 4. The lowest BCUT2D eigenvalue weighted by Crippen LogP contribution is -2.39. The highest BCUT2D eigenvalue weighted by molar-refractivity contribution is 7.09. The monoisotopic (exact) mass is 373 g/mol. The summed E-state index contributed by atoms with van der Waals surface area (Å²) >= 11 is 7.66. The number of benzene rings is 1. The summed E-state index contributed by atoms with van der Waals surface area (Å²) in [6.07, 6.45) is 5.50. The van der Waals surface area contributed by atoms with Gasteiger partial charge in [0.2, 0.25) is 0 Å². The van der Waals surface area contributed by atoms with Crippen LogP contribution in [0.25, 0.3) is 5.69 Å². The van der Waals surface area contributed by atoms with Crippen LogP contribution in [0, 0.1) is 0 Å². The van der Waals surface area contributed by atoms with Crippen LogP contribution in [0.4, 0.5) is 0 Å². The number of hydrogen-bond donors (Lipinski definition) is 0. The largest absolute Gasteiger partial charge is 0.336 e. The Kier molecular flexibility index (Phi) is 4.50. The van der Waals surface area contributed by atoms with E-state index >= 15 is 0 Å². The zero-order chi connectivity index (χ0) is 17.2. The third-order valence-electron chi connectivity index (χ3n) is 4.29. The second kappa shape index (κ2) is 6.93. The molecule has 4 rings (SSSR count). The van der Waals surface area contributed by atoms with Gasteiger partial charge in [0.15, 0.2) is 5.69 Å². The van der Waals surface area contributed by atoms with E-state index < -0.39 is 0 Å². The predicted octanol–water partition coefficient (Wildman–Crippen LogP) is 3.40. The molecule has 1 aliphatic rings. The molecule has 8 heteroatoms. The van der Waals surface area contributed by atoms with Gasteiger partial charge in [0.1, 0.15) is 0 Å². The lowest BCUT2D eigenvalue weighted by atomic mass is 9.98. The smallest absolute Gasteiger partial charge is 0.276 e. The fraction of sp³-hybridized carbons (Fsp3) is 0.294. The Labute approximate surface area is 154 Å². The standard InChI is InChI=1S/C17H16ClN5OS/c18-13-4-1-5-14(9-13)23-11-15(20-21-23)17(24)22-7-2-3-12(10-22)16-19-6-8-25-16/h1,4-6,8-9,11-12H,2-3,7,10H2/t12-/m0/s1.